The topological polar surface area (TPSA) is 43.8 Å². The average molecular weight is 200 g/mol. The van der Waals surface area contributed by atoms with Gasteiger partial charge < -0.3 is 10.0 Å². The van der Waals surface area contributed by atoms with Crippen LogP contribution in [0.2, 0.25) is 0 Å². The van der Waals surface area contributed by atoms with Crippen LogP contribution in [0.25, 0.3) is 0 Å². The lowest BCUT2D eigenvalue weighted by Crippen LogP contribution is -2.40. The number of amides is 1. The molecule has 0 aromatic carbocycles. The number of carbonyl (C=O) groups is 1. The van der Waals surface area contributed by atoms with Gasteiger partial charge in [0.05, 0.1) is 13.2 Å². The van der Waals surface area contributed by atoms with Crippen molar-refractivity contribution in [1.82, 2.24) is 9.80 Å². The normalized spacial score (nSPS) is 16.0. The first-order chi connectivity index (χ1) is 6.69. The van der Waals surface area contributed by atoms with Crippen molar-refractivity contribution in [3.05, 3.63) is 0 Å². The first kappa shape index (κ1) is 11.5. The van der Waals surface area contributed by atoms with Crippen molar-refractivity contribution in [3.63, 3.8) is 0 Å². The van der Waals surface area contributed by atoms with Gasteiger partial charge in [0.25, 0.3) is 0 Å². The number of aliphatic hydroxyl groups is 1. The van der Waals surface area contributed by atoms with Crippen molar-refractivity contribution in [2.75, 3.05) is 33.3 Å². The molecular formula is C10H20N2O2. The third-order valence-corrected chi connectivity index (χ3v) is 2.71. The molecule has 0 heterocycles. The lowest BCUT2D eigenvalue weighted by molar-refractivity contribution is -0.131. The van der Waals surface area contributed by atoms with Gasteiger partial charge in [-0.05, 0) is 19.4 Å². The summed E-state index contributed by atoms with van der Waals surface area (Å²) in [5.74, 6) is 0.169. The van der Waals surface area contributed by atoms with E-state index in [1.165, 1.54) is 0 Å². The van der Waals surface area contributed by atoms with Gasteiger partial charge in [-0.25, -0.2) is 0 Å². The van der Waals surface area contributed by atoms with Crippen molar-refractivity contribution in [2.45, 2.75) is 25.8 Å². The summed E-state index contributed by atoms with van der Waals surface area (Å²) in [5.41, 5.74) is 0. The second-order valence-corrected chi connectivity index (χ2v) is 3.83. The van der Waals surface area contributed by atoms with E-state index < -0.39 is 0 Å². The smallest absolute Gasteiger partial charge is 0.236 e. The molecule has 0 bridgehead atoms. The fourth-order valence-electron chi connectivity index (χ4n) is 1.46. The Kier molecular flexibility index (Phi) is 4.35. The van der Waals surface area contributed by atoms with Gasteiger partial charge in [-0.1, -0.05) is 6.92 Å². The van der Waals surface area contributed by atoms with Crippen LogP contribution in [0.15, 0.2) is 0 Å². The molecule has 0 atom stereocenters. The largest absolute Gasteiger partial charge is 0.395 e. The average Bonchev–Trinajstić information content (AvgIpc) is 2.99. The highest BCUT2D eigenvalue weighted by molar-refractivity contribution is 5.78. The van der Waals surface area contributed by atoms with Crippen molar-refractivity contribution in [3.8, 4) is 0 Å². The van der Waals surface area contributed by atoms with Gasteiger partial charge >= 0.3 is 0 Å². The van der Waals surface area contributed by atoms with Gasteiger partial charge in [0.1, 0.15) is 0 Å². The van der Waals surface area contributed by atoms with E-state index >= 15 is 0 Å². The molecule has 82 valence electrons. The van der Waals surface area contributed by atoms with Crippen molar-refractivity contribution < 1.29 is 9.90 Å². The van der Waals surface area contributed by atoms with Crippen molar-refractivity contribution in [2.24, 2.45) is 0 Å². The van der Waals surface area contributed by atoms with Crippen LogP contribution < -0.4 is 0 Å². The molecule has 0 aromatic rings. The minimum Gasteiger partial charge on any atom is -0.395 e. The highest BCUT2D eigenvalue weighted by atomic mass is 16.3. The number of hydrogen-bond donors (Lipinski definition) is 1. The Balaban J connectivity index is 2.29. The molecule has 4 nitrogen and oxygen atoms in total. The molecule has 1 aliphatic carbocycles. The minimum atomic E-state index is 0.119. The summed E-state index contributed by atoms with van der Waals surface area (Å²) in [6.07, 6.45) is 2.29. The second kappa shape index (κ2) is 5.32. The molecule has 0 saturated heterocycles. The quantitative estimate of drug-likeness (QED) is 0.652. The Morgan fingerprint density at radius 1 is 1.50 bits per heavy atom. The molecule has 4 heteroatoms. The summed E-state index contributed by atoms with van der Waals surface area (Å²) in [5, 5.41) is 8.77. The van der Waals surface area contributed by atoms with Crippen LogP contribution in [0, 0.1) is 0 Å². The molecule has 0 radical (unpaired) electrons. The summed E-state index contributed by atoms with van der Waals surface area (Å²) >= 11 is 0. The monoisotopic (exact) mass is 200 g/mol. The van der Waals surface area contributed by atoms with E-state index in [1.54, 1.807) is 0 Å². The van der Waals surface area contributed by atoms with E-state index in [9.17, 15) is 4.79 Å². The molecule has 1 fully saturated rings. The maximum Gasteiger partial charge on any atom is 0.236 e. The molecule has 0 aromatic heterocycles. The lowest BCUT2D eigenvalue weighted by atomic mass is 10.4. The zero-order valence-corrected chi connectivity index (χ0v) is 9.07. The van der Waals surface area contributed by atoms with E-state index in [4.69, 9.17) is 5.11 Å². The zero-order valence-electron chi connectivity index (χ0n) is 9.07. The first-order valence-corrected chi connectivity index (χ1v) is 5.28. The lowest BCUT2D eigenvalue weighted by Gasteiger charge is -2.23. The summed E-state index contributed by atoms with van der Waals surface area (Å²) in [6, 6.07) is 0.482. The molecule has 0 aliphatic heterocycles. The summed E-state index contributed by atoms with van der Waals surface area (Å²) < 4.78 is 0. The molecule has 0 spiro atoms. The summed E-state index contributed by atoms with van der Waals surface area (Å²) in [7, 11) is 1.87. The number of rotatable bonds is 6. The van der Waals surface area contributed by atoms with Crippen LogP contribution in [-0.2, 0) is 4.79 Å². The number of likely N-dealkylation sites (N-methyl/N-ethyl adjacent to an activating group) is 2. The number of nitrogens with zero attached hydrogens (tertiary/aromatic N) is 2. The van der Waals surface area contributed by atoms with Crippen molar-refractivity contribution in [1.29, 1.82) is 0 Å². The molecule has 1 saturated carbocycles. The predicted molar refractivity (Wildman–Crippen MR) is 55.0 cm³/mol. The first-order valence-electron chi connectivity index (χ1n) is 5.28. The van der Waals surface area contributed by atoms with Crippen molar-refractivity contribution >= 4 is 5.91 Å². The Labute approximate surface area is 85.5 Å². The molecule has 0 unspecified atom stereocenters. The third-order valence-electron chi connectivity index (χ3n) is 2.71. The molecule has 14 heavy (non-hydrogen) atoms. The third kappa shape index (κ3) is 3.27. The van der Waals surface area contributed by atoms with E-state index in [2.05, 4.69) is 0 Å². The number of hydrogen-bond acceptors (Lipinski definition) is 3. The van der Waals surface area contributed by atoms with Gasteiger partial charge in [0.2, 0.25) is 5.91 Å². The fraction of sp³-hybridized carbons (Fsp3) is 0.900. The van der Waals surface area contributed by atoms with Gasteiger partial charge in [-0.3, -0.25) is 9.69 Å². The van der Waals surface area contributed by atoms with Crippen LogP contribution in [0.4, 0.5) is 0 Å². The van der Waals surface area contributed by atoms with Gasteiger partial charge in [0, 0.05) is 19.6 Å². The Hall–Kier alpha value is -0.610. The Morgan fingerprint density at radius 2 is 2.14 bits per heavy atom. The predicted octanol–water partition coefficient (Wildman–Crippen LogP) is -0.0786. The summed E-state index contributed by atoms with van der Waals surface area (Å²) in [6.45, 7) is 3.95. The molecule has 1 amide bonds. The number of carbonyl (C=O) groups excluding carboxylic acids is 1. The Bertz CT molecular complexity index is 193. The molecular weight excluding hydrogens is 180 g/mol. The Morgan fingerprint density at radius 3 is 2.57 bits per heavy atom. The molecule has 1 rings (SSSR count). The molecule has 1 N–H and O–H groups in total. The highest BCUT2D eigenvalue weighted by Gasteiger charge is 2.29. The second-order valence-electron chi connectivity index (χ2n) is 3.83. The van der Waals surface area contributed by atoms with Gasteiger partial charge in [0.15, 0.2) is 0 Å². The highest BCUT2D eigenvalue weighted by Crippen LogP contribution is 2.25. The number of aliphatic hydroxyl groups excluding tert-OH is 1. The summed E-state index contributed by atoms with van der Waals surface area (Å²) in [4.78, 5) is 15.5. The van der Waals surface area contributed by atoms with E-state index in [0.717, 1.165) is 19.4 Å². The maximum absolute atomic E-state index is 11.7. The van der Waals surface area contributed by atoms with Crippen LogP contribution in [0.5, 0.6) is 0 Å². The standard InChI is InChI=1S/C10H20N2O2/c1-3-12(6-7-13)8-10(14)11(2)9-4-5-9/h9,13H,3-8H2,1-2H3. The zero-order chi connectivity index (χ0) is 10.6. The fourth-order valence-corrected chi connectivity index (χ4v) is 1.46. The van der Waals surface area contributed by atoms with Crippen LogP contribution >= 0.6 is 0 Å². The SMILES string of the molecule is CCN(CCO)CC(=O)N(C)C1CC1. The molecule has 1 aliphatic rings. The van der Waals surface area contributed by atoms with Gasteiger partial charge in [-0.15, -0.1) is 0 Å². The van der Waals surface area contributed by atoms with Crippen LogP contribution in [0.1, 0.15) is 19.8 Å². The van der Waals surface area contributed by atoms with E-state index in [1.807, 2.05) is 23.8 Å². The van der Waals surface area contributed by atoms with E-state index in [-0.39, 0.29) is 12.5 Å². The van der Waals surface area contributed by atoms with Crippen LogP contribution in [-0.4, -0.2) is 60.1 Å². The minimum absolute atomic E-state index is 0.119. The van der Waals surface area contributed by atoms with Crippen LogP contribution in [0.3, 0.4) is 0 Å². The maximum atomic E-state index is 11.7. The van der Waals surface area contributed by atoms with Gasteiger partial charge in [-0.2, -0.15) is 0 Å². The van der Waals surface area contributed by atoms with E-state index in [0.29, 0.717) is 19.1 Å².